The first-order chi connectivity index (χ1) is 10.1. The minimum absolute atomic E-state index is 0.108. The van der Waals surface area contributed by atoms with Crippen LogP contribution in [0.25, 0.3) is 0 Å². The summed E-state index contributed by atoms with van der Waals surface area (Å²) in [6.07, 6.45) is 9.18. The molecule has 0 saturated heterocycles. The largest absolute Gasteiger partial charge is 0.310 e. The summed E-state index contributed by atoms with van der Waals surface area (Å²) in [6, 6.07) is 3.78. The van der Waals surface area contributed by atoms with Crippen molar-refractivity contribution in [1.29, 1.82) is 0 Å². The fourth-order valence-corrected chi connectivity index (χ4v) is 3.86. The van der Waals surface area contributed by atoms with Crippen LogP contribution in [0.3, 0.4) is 0 Å². The van der Waals surface area contributed by atoms with Gasteiger partial charge in [-0.2, -0.15) is 0 Å². The van der Waals surface area contributed by atoms with Crippen LogP contribution in [0.15, 0.2) is 12.1 Å². The Hall–Kier alpha value is -0.890. The smallest absolute Gasteiger partial charge is 0.123 e. The van der Waals surface area contributed by atoms with Gasteiger partial charge in [0.1, 0.15) is 5.82 Å². The molecule has 1 aliphatic carbocycles. The zero-order valence-electron chi connectivity index (χ0n) is 13.8. The van der Waals surface area contributed by atoms with Gasteiger partial charge in [0.25, 0.3) is 0 Å². The molecule has 0 bridgehead atoms. The maximum Gasteiger partial charge on any atom is 0.123 e. The van der Waals surface area contributed by atoms with Crippen molar-refractivity contribution in [2.24, 2.45) is 5.92 Å². The van der Waals surface area contributed by atoms with Gasteiger partial charge in [0.05, 0.1) is 0 Å². The van der Waals surface area contributed by atoms with E-state index in [-0.39, 0.29) is 5.82 Å². The summed E-state index contributed by atoms with van der Waals surface area (Å²) in [6.45, 7) is 7.37. The normalized spacial score (nSPS) is 18.5. The molecule has 2 rings (SSSR count). The Kier molecular flexibility index (Phi) is 6.22. The predicted octanol–water partition coefficient (Wildman–Crippen LogP) is 5.45. The molecule has 1 N–H and O–H groups in total. The van der Waals surface area contributed by atoms with Crippen molar-refractivity contribution < 1.29 is 4.39 Å². The molecule has 1 aromatic rings. The maximum atomic E-state index is 13.6. The molecular weight excluding hydrogens is 261 g/mol. The number of rotatable bonds is 5. The molecule has 1 fully saturated rings. The first-order valence-corrected chi connectivity index (χ1v) is 8.63. The van der Waals surface area contributed by atoms with Crippen molar-refractivity contribution in [3.63, 3.8) is 0 Å². The monoisotopic (exact) mass is 291 g/mol. The van der Waals surface area contributed by atoms with E-state index in [2.05, 4.69) is 26.1 Å². The van der Waals surface area contributed by atoms with Gasteiger partial charge in [-0.05, 0) is 74.4 Å². The third-order valence-electron chi connectivity index (χ3n) is 4.85. The molecule has 0 spiro atoms. The SMILES string of the molecule is CCCNC(c1c(C)cc(F)cc1C)C1CCCCCC1. The lowest BCUT2D eigenvalue weighted by Gasteiger charge is -2.30. The number of aryl methyl sites for hydroxylation is 2. The molecule has 1 aliphatic rings. The minimum atomic E-state index is -0.108. The Morgan fingerprint density at radius 3 is 2.19 bits per heavy atom. The molecule has 118 valence electrons. The quantitative estimate of drug-likeness (QED) is 0.711. The average Bonchev–Trinajstić information content (AvgIpc) is 2.70. The van der Waals surface area contributed by atoms with E-state index in [0.29, 0.717) is 12.0 Å². The van der Waals surface area contributed by atoms with Crippen LogP contribution >= 0.6 is 0 Å². The van der Waals surface area contributed by atoms with Gasteiger partial charge in [-0.15, -0.1) is 0 Å². The molecule has 0 amide bonds. The minimum Gasteiger partial charge on any atom is -0.310 e. The van der Waals surface area contributed by atoms with E-state index in [1.165, 1.54) is 44.1 Å². The molecule has 0 aromatic heterocycles. The molecular formula is C19H30FN. The second-order valence-electron chi connectivity index (χ2n) is 6.64. The number of hydrogen-bond donors (Lipinski definition) is 1. The van der Waals surface area contributed by atoms with E-state index >= 15 is 0 Å². The second kappa shape index (κ2) is 7.93. The van der Waals surface area contributed by atoms with Crippen LogP contribution in [0.5, 0.6) is 0 Å². The fourth-order valence-electron chi connectivity index (χ4n) is 3.86. The fraction of sp³-hybridized carbons (Fsp3) is 0.684. The first kappa shape index (κ1) is 16.5. The molecule has 0 aliphatic heterocycles. The highest BCUT2D eigenvalue weighted by Crippen LogP contribution is 2.36. The van der Waals surface area contributed by atoms with Crippen molar-refractivity contribution in [2.45, 2.75) is 71.8 Å². The van der Waals surface area contributed by atoms with Crippen molar-refractivity contribution in [2.75, 3.05) is 6.54 Å². The average molecular weight is 291 g/mol. The highest BCUT2D eigenvalue weighted by molar-refractivity contribution is 5.37. The Morgan fingerprint density at radius 1 is 1.10 bits per heavy atom. The third-order valence-corrected chi connectivity index (χ3v) is 4.85. The zero-order valence-corrected chi connectivity index (χ0v) is 13.8. The number of hydrogen-bond acceptors (Lipinski definition) is 1. The van der Waals surface area contributed by atoms with Crippen LogP contribution in [0.1, 0.15) is 74.6 Å². The van der Waals surface area contributed by atoms with Gasteiger partial charge in [0, 0.05) is 6.04 Å². The molecule has 21 heavy (non-hydrogen) atoms. The lowest BCUT2D eigenvalue weighted by atomic mass is 9.83. The van der Waals surface area contributed by atoms with Gasteiger partial charge in [0.2, 0.25) is 0 Å². The van der Waals surface area contributed by atoms with Gasteiger partial charge in [0.15, 0.2) is 0 Å². The predicted molar refractivity (Wildman–Crippen MR) is 88.1 cm³/mol. The highest BCUT2D eigenvalue weighted by Gasteiger charge is 2.26. The molecule has 0 heterocycles. The molecule has 0 radical (unpaired) electrons. The lowest BCUT2D eigenvalue weighted by molar-refractivity contribution is 0.323. The van der Waals surface area contributed by atoms with Crippen LogP contribution in [0, 0.1) is 25.6 Å². The van der Waals surface area contributed by atoms with Crippen LogP contribution < -0.4 is 5.32 Å². The van der Waals surface area contributed by atoms with Crippen molar-refractivity contribution in [3.05, 3.63) is 34.6 Å². The summed E-state index contributed by atoms with van der Waals surface area (Å²) < 4.78 is 13.6. The van der Waals surface area contributed by atoms with Gasteiger partial charge in [-0.25, -0.2) is 4.39 Å². The molecule has 1 nitrogen and oxygen atoms in total. The maximum absolute atomic E-state index is 13.6. The number of nitrogens with one attached hydrogen (secondary N) is 1. The summed E-state index contributed by atoms with van der Waals surface area (Å²) in [4.78, 5) is 0. The Bertz CT molecular complexity index is 424. The highest BCUT2D eigenvalue weighted by atomic mass is 19.1. The van der Waals surface area contributed by atoms with Crippen molar-refractivity contribution >= 4 is 0 Å². The van der Waals surface area contributed by atoms with Crippen LogP contribution in [-0.4, -0.2) is 6.54 Å². The molecule has 2 heteroatoms. The number of halogens is 1. The molecule has 1 atom stereocenters. The van der Waals surface area contributed by atoms with Crippen LogP contribution in [0.4, 0.5) is 4.39 Å². The molecule has 1 aromatic carbocycles. The molecule has 1 unspecified atom stereocenters. The Morgan fingerprint density at radius 2 is 1.67 bits per heavy atom. The van der Waals surface area contributed by atoms with E-state index in [0.717, 1.165) is 24.1 Å². The van der Waals surface area contributed by atoms with Gasteiger partial charge in [-0.3, -0.25) is 0 Å². The van der Waals surface area contributed by atoms with Crippen LogP contribution in [0.2, 0.25) is 0 Å². The second-order valence-corrected chi connectivity index (χ2v) is 6.64. The third kappa shape index (κ3) is 4.29. The summed E-state index contributed by atoms with van der Waals surface area (Å²) in [5.41, 5.74) is 3.55. The van der Waals surface area contributed by atoms with Gasteiger partial charge >= 0.3 is 0 Å². The Labute approximate surface area is 129 Å². The van der Waals surface area contributed by atoms with E-state index in [9.17, 15) is 4.39 Å². The summed E-state index contributed by atoms with van der Waals surface area (Å²) in [5, 5.41) is 3.76. The van der Waals surface area contributed by atoms with Gasteiger partial charge in [-0.1, -0.05) is 32.6 Å². The van der Waals surface area contributed by atoms with Crippen molar-refractivity contribution in [1.82, 2.24) is 5.32 Å². The number of benzene rings is 1. The van der Waals surface area contributed by atoms with Crippen molar-refractivity contribution in [3.8, 4) is 0 Å². The summed E-state index contributed by atoms with van der Waals surface area (Å²) >= 11 is 0. The van der Waals surface area contributed by atoms with E-state index in [1.807, 2.05) is 0 Å². The van der Waals surface area contributed by atoms with E-state index < -0.39 is 0 Å². The van der Waals surface area contributed by atoms with E-state index in [4.69, 9.17) is 0 Å². The molecule has 1 saturated carbocycles. The van der Waals surface area contributed by atoms with Crippen LogP contribution in [-0.2, 0) is 0 Å². The standard InChI is InChI=1S/C19H30FN/c1-4-11-21-19(16-9-7-5-6-8-10-16)18-14(2)12-17(20)13-15(18)3/h12-13,16,19,21H,4-11H2,1-3H3. The Balaban J connectivity index is 2.30. The first-order valence-electron chi connectivity index (χ1n) is 8.63. The summed E-state index contributed by atoms with van der Waals surface area (Å²) in [5.74, 6) is 0.589. The summed E-state index contributed by atoms with van der Waals surface area (Å²) in [7, 11) is 0. The topological polar surface area (TPSA) is 12.0 Å². The lowest BCUT2D eigenvalue weighted by Crippen LogP contribution is -2.30. The zero-order chi connectivity index (χ0) is 15.2. The van der Waals surface area contributed by atoms with Gasteiger partial charge < -0.3 is 5.32 Å². The van der Waals surface area contributed by atoms with E-state index in [1.54, 1.807) is 12.1 Å².